The van der Waals surface area contributed by atoms with Gasteiger partial charge >= 0.3 is 0 Å². The summed E-state index contributed by atoms with van der Waals surface area (Å²) in [5, 5.41) is 0. The lowest BCUT2D eigenvalue weighted by Crippen LogP contribution is -2.31. The van der Waals surface area contributed by atoms with Crippen molar-refractivity contribution in [2.45, 2.75) is 45.1 Å². The van der Waals surface area contributed by atoms with E-state index in [0.717, 1.165) is 37.5 Å². The van der Waals surface area contributed by atoms with Gasteiger partial charge in [-0.15, -0.1) is 0 Å². The van der Waals surface area contributed by atoms with Crippen LogP contribution in [0.15, 0.2) is 0 Å². The van der Waals surface area contributed by atoms with E-state index in [1.165, 1.54) is 0 Å². The van der Waals surface area contributed by atoms with Crippen molar-refractivity contribution in [2.75, 3.05) is 0 Å². The number of halogens is 1. The molecule has 0 spiro atoms. The largest absolute Gasteiger partial charge is 0.254 e. The first-order valence-corrected chi connectivity index (χ1v) is 4.70. The van der Waals surface area contributed by atoms with E-state index in [2.05, 4.69) is 13.8 Å². The van der Waals surface area contributed by atoms with Crippen LogP contribution in [0.1, 0.15) is 39.5 Å². The van der Waals surface area contributed by atoms with Crippen LogP contribution in [0.2, 0.25) is 0 Å². The molecule has 0 aromatic heterocycles. The molecule has 1 aliphatic carbocycles. The molecule has 0 saturated heterocycles. The third-order valence-electron chi connectivity index (χ3n) is 3.02. The Morgan fingerprint density at radius 3 is 2.18 bits per heavy atom. The quantitative estimate of drug-likeness (QED) is 0.510. The van der Waals surface area contributed by atoms with Gasteiger partial charge in [-0.2, -0.15) is 0 Å². The van der Waals surface area contributed by atoms with Gasteiger partial charge in [0.25, 0.3) is 0 Å². The fourth-order valence-electron chi connectivity index (χ4n) is 1.91. The van der Waals surface area contributed by atoms with E-state index in [0.29, 0.717) is 0 Å². The zero-order valence-corrected chi connectivity index (χ0v) is 7.86. The fraction of sp³-hybridized carbons (Fsp3) is 1.00. The molecule has 0 atom stereocenters. The van der Waals surface area contributed by atoms with E-state index in [-0.39, 0.29) is 0 Å². The van der Waals surface area contributed by atoms with Crippen molar-refractivity contribution in [3.05, 3.63) is 0 Å². The second-order valence-electron chi connectivity index (χ2n) is 4.49. The third kappa shape index (κ3) is 2.50. The van der Waals surface area contributed by atoms with Crippen molar-refractivity contribution >= 4 is 7.85 Å². The van der Waals surface area contributed by atoms with Gasteiger partial charge in [0, 0.05) is 0 Å². The molecule has 1 rings (SSSR count). The molecule has 1 saturated carbocycles. The first-order chi connectivity index (χ1) is 5.01. The second kappa shape index (κ2) is 3.16. The van der Waals surface area contributed by atoms with Crippen molar-refractivity contribution < 1.29 is 4.39 Å². The molecular weight excluding hydrogens is 138 g/mol. The van der Waals surface area contributed by atoms with Gasteiger partial charge < -0.3 is 0 Å². The van der Waals surface area contributed by atoms with Gasteiger partial charge in [-0.1, -0.05) is 13.8 Å². The average molecular weight is 156 g/mol. The predicted octanol–water partition coefficient (Wildman–Crippen LogP) is 2.13. The summed E-state index contributed by atoms with van der Waals surface area (Å²) in [6, 6.07) is 0. The SMILES string of the molecule is BC1(F)CCC(C(C)C)CC1. The number of hydrogen-bond donors (Lipinski definition) is 0. The summed E-state index contributed by atoms with van der Waals surface area (Å²) in [5.74, 6) is 1.52. The van der Waals surface area contributed by atoms with Gasteiger partial charge in [0.2, 0.25) is 0 Å². The topological polar surface area (TPSA) is 0 Å². The molecule has 64 valence electrons. The van der Waals surface area contributed by atoms with Crippen LogP contribution in [0.5, 0.6) is 0 Å². The predicted molar refractivity (Wildman–Crippen MR) is 49.2 cm³/mol. The Balaban J connectivity index is 2.36. The molecule has 0 bridgehead atoms. The summed E-state index contributed by atoms with van der Waals surface area (Å²) in [7, 11) is 1.74. The zero-order valence-electron chi connectivity index (χ0n) is 7.86. The number of rotatable bonds is 1. The zero-order chi connectivity index (χ0) is 8.48. The van der Waals surface area contributed by atoms with Crippen molar-refractivity contribution in [3.63, 3.8) is 0 Å². The molecule has 0 heterocycles. The molecule has 0 nitrogen and oxygen atoms in total. The Kier molecular flexibility index (Phi) is 2.61. The minimum atomic E-state index is -0.856. The van der Waals surface area contributed by atoms with Crippen molar-refractivity contribution in [3.8, 4) is 0 Å². The molecule has 2 heteroatoms. The van der Waals surface area contributed by atoms with Crippen LogP contribution < -0.4 is 0 Å². The first kappa shape index (κ1) is 9.09. The fourth-order valence-corrected chi connectivity index (χ4v) is 1.91. The van der Waals surface area contributed by atoms with Crippen LogP contribution in [0, 0.1) is 11.8 Å². The lowest BCUT2D eigenvalue weighted by Gasteiger charge is -2.33. The molecule has 0 amide bonds. The Labute approximate surface area is 70.0 Å². The van der Waals surface area contributed by atoms with Gasteiger partial charge in [0.1, 0.15) is 7.85 Å². The molecule has 0 radical (unpaired) electrons. The summed E-state index contributed by atoms with van der Waals surface area (Å²) in [5.41, 5.74) is -0.856. The Bertz CT molecular complexity index is 122. The van der Waals surface area contributed by atoms with Crippen LogP contribution in [-0.4, -0.2) is 13.4 Å². The van der Waals surface area contributed by atoms with Gasteiger partial charge in [-0.05, 0) is 37.5 Å². The molecule has 11 heavy (non-hydrogen) atoms. The van der Waals surface area contributed by atoms with E-state index >= 15 is 0 Å². The highest BCUT2D eigenvalue weighted by molar-refractivity contribution is 6.14. The maximum atomic E-state index is 13.3. The van der Waals surface area contributed by atoms with Crippen LogP contribution in [0.4, 0.5) is 4.39 Å². The van der Waals surface area contributed by atoms with Crippen molar-refractivity contribution in [1.29, 1.82) is 0 Å². The summed E-state index contributed by atoms with van der Waals surface area (Å²) >= 11 is 0. The maximum Gasteiger partial charge on any atom is 0.150 e. The van der Waals surface area contributed by atoms with Gasteiger partial charge in [-0.25, -0.2) is 0 Å². The standard InChI is InChI=1S/C9H18BF/c1-7(2)8-3-5-9(10,11)6-4-8/h7-8H,3-6,10H2,1-2H3. The summed E-state index contributed by atoms with van der Waals surface area (Å²) < 4.78 is 13.3. The van der Waals surface area contributed by atoms with E-state index in [1.54, 1.807) is 7.85 Å². The highest BCUT2D eigenvalue weighted by Gasteiger charge is 2.31. The lowest BCUT2D eigenvalue weighted by atomic mass is 9.67. The van der Waals surface area contributed by atoms with Crippen LogP contribution in [-0.2, 0) is 0 Å². The minimum Gasteiger partial charge on any atom is -0.254 e. The first-order valence-electron chi connectivity index (χ1n) is 4.70. The second-order valence-corrected chi connectivity index (χ2v) is 4.49. The van der Waals surface area contributed by atoms with Crippen molar-refractivity contribution in [2.24, 2.45) is 11.8 Å². The van der Waals surface area contributed by atoms with E-state index in [9.17, 15) is 4.39 Å². The molecule has 0 N–H and O–H groups in total. The smallest absolute Gasteiger partial charge is 0.150 e. The lowest BCUT2D eigenvalue weighted by molar-refractivity contribution is 0.145. The van der Waals surface area contributed by atoms with Gasteiger partial charge in [-0.3, -0.25) is 4.39 Å². The Hall–Kier alpha value is -0.00506. The molecule has 1 fully saturated rings. The highest BCUT2D eigenvalue weighted by atomic mass is 19.1. The minimum absolute atomic E-state index is 0.742. The van der Waals surface area contributed by atoms with Gasteiger partial charge in [0.15, 0.2) is 0 Å². The Morgan fingerprint density at radius 1 is 1.36 bits per heavy atom. The van der Waals surface area contributed by atoms with E-state index in [4.69, 9.17) is 0 Å². The average Bonchev–Trinajstić information content (AvgIpc) is 1.86. The van der Waals surface area contributed by atoms with Crippen LogP contribution in [0.3, 0.4) is 0 Å². The normalized spacial score (nSPS) is 39.5. The Morgan fingerprint density at radius 2 is 1.82 bits per heavy atom. The molecule has 0 aromatic rings. The number of alkyl halides is 1. The molecule has 0 aromatic carbocycles. The number of hydrogen-bond acceptors (Lipinski definition) is 0. The van der Waals surface area contributed by atoms with Crippen molar-refractivity contribution in [1.82, 2.24) is 0 Å². The highest BCUT2D eigenvalue weighted by Crippen LogP contribution is 2.35. The van der Waals surface area contributed by atoms with E-state index < -0.39 is 5.57 Å². The molecule has 0 aliphatic heterocycles. The maximum absolute atomic E-state index is 13.3. The monoisotopic (exact) mass is 156 g/mol. The summed E-state index contributed by atoms with van der Waals surface area (Å²) in [4.78, 5) is 0. The molecule has 1 aliphatic rings. The third-order valence-corrected chi connectivity index (χ3v) is 3.02. The van der Waals surface area contributed by atoms with Crippen LogP contribution >= 0.6 is 0 Å². The molecular formula is C9H18BF. The molecule has 0 unspecified atom stereocenters. The summed E-state index contributed by atoms with van der Waals surface area (Å²) in [6.07, 6.45) is 3.72. The van der Waals surface area contributed by atoms with Crippen LogP contribution in [0.25, 0.3) is 0 Å². The van der Waals surface area contributed by atoms with E-state index in [1.807, 2.05) is 0 Å². The summed E-state index contributed by atoms with van der Waals surface area (Å²) in [6.45, 7) is 4.48. The van der Waals surface area contributed by atoms with Gasteiger partial charge in [0.05, 0.1) is 5.57 Å².